The van der Waals surface area contributed by atoms with E-state index in [0.717, 1.165) is 17.1 Å². The van der Waals surface area contributed by atoms with E-state index in [0.29, 0.717) is 0 Å². The number of amides is 1. The predicted molar refractivity (Wildman–Crippen MR) is 97.3 cm³/mol. The van der Waals surface area contributed by atoms with Crippen molar-refractivity contribution in [2.75, 3.05) is 0 Å². The van der Waals surface area contributed by atoms with E-state index < -0.39 is 4.92 Å². The SMILES string of the molecule is Cc1nccn1-c1ccc(C(C)NC(=O)c2cccc([N+](=O)[O-])c2)cc1. The highest BCUT2D eigenvalue weighted by molar-refractivity contribution is 5.95. The zero-order valence-electron chi connectivity index (χ0n) is 14.4. The summed E-state index contributed by atoms with van der Waals surface area (Å²) >= 11 is 0. The number of aromatic nitrogens is 2. The van der Waals surface area contributed by atoms with Gasteiger partial charge in [0.15, 0.2) is 0 Å². The van der Waals surface area contributed by atoms with E-state index in [2.05, 4.69) is 10.3 Å². The molecule has 1 aromatic heterocycles. The third-order valence-corrected chi connectivity index (χ3v) is 4.16. The van der Waals surface area contributed by atoms with Crippen molar-refractivity contribution in [2.24, 2.45) is 0 Å². The van der Waals surface area contributed by atoms with Crippen LogP contribution >= 0.6 is 0 Å². The first-order valence-corrected chi connectivity index (χ1v) is 8.11. The molecule has 132 valence electrons. The molecule has 0 aliphatic carbocycles. The predicted octanol–water partition coefficient (Wildman–Crippen LogP) is 3.58. The van der Waals surface area contributed by atoms with Crippen LogP contribution in [0.1, 0.15) is 34.7 Å². The van der Waals surface area contributed by atoms with Gasteiger partial charge in [0.05, 0.1) is 11.0 Å². The Bertz CT molecular complexity index is 947. The van der Waals surface area contributed by atoms with E-state index in [9.17, 15) is 14.9 Å². The number of carbonyl (C=O) groups excluding carboxylic acids is 1. The molecule has 3 rings (SSSR count). The number of hydrogen-bond acceptors (Lipinski definition) is 4. The van der Waals surface area contributed by atoms with Crippen LogP contribution in [0.15, 0.2) is 60.9 Å². The van der Waals surface area contributed by atoms with Crippen molar-refractivity contribution in [3.63, 3.8) is 0 Å². The molecule has 26 heavy (non-hydrogen) atoms. The Morgan fingerprint density at radius 1 is 1.23 bits per heavy atom. The number of benzene rings is 2. The molecule has 1 unspecified atom stereocenters. The maximum atomic E-state index is 12.4. The van der Waals surface area contributed by atoms with Gasteiger partial charge < -0.3 is 9.88 Å². The van der Waals surface area contributed by atoms with Crippen molar-refractivity contribution in [1.29, 1.82) is 0 Å². The molecule has 0 saturated carbocycles. The van der Waals surface area contributed by atoms with Gasteiger partial charge in [-0.3, -0.25) is 14.9 Å². The number of nitro benzene ring substituents is 1. The van der Waals surface area contributed by atoms with Crippen LogP contribution in [0.5, 0.6) is 0 Å². The van der Waals surface area contributed by atoms with Crippen molar-refractivity contribution in [1.82, 2.24) is 14.9 Å². The van der Waals surface area contributed by atoms with Crippen LogP contribution in [0, 0.1) is 17.0 Å². The van der Waals surface area contributed by atoms with Gasteiger partial charge in [0.25, 0.3) is 11.6 Å². The Balaban J connectivity index is 1.72. The number of nitrogens with one attached hydrogen (secondary N) is 1. The smallest absolute Gasteiger partial charge is 0.270 e. The van der Waals surface area contributed by atoms with Crippen LogP contribution in [-0.2, 0) is 0 Å². The fourth-order valence-corrected chi connectivity index (χ4v) is 2.70. The molecule has 1 atom stereocenters. The second-order valence-corrected chi connectivity index (χ2v) is 5.94. The van der Waals surface area contributed by atoms with Crippen molar-refractivity contribution < 1.29 is 9.72 Å². The largest absolute Gasteiger partial charge is 0.346 e. The molecule has 1 amide bonds. The third kappa shape index (κ3) is 3.61. The van der Waals surface area contributed by atoms with Gasteiger partial charge in [-0.05, 0) is 37.6 Å². The quantitative estimate of drug-likeness (QED) is 0.562. The number of nitro groups is 1. The first-order valence-electron chi connectivity index (χ1n) is 8.11. The Hall–Kier alpha value is -3.48. The van der Waals surface area contributed by atoms with E-state index in [4.69, 9.17) is 0 Å². The highest BCUT2D eigenvalue weighted by Gasteiger charge is 2.14. The van der Waals surface area contributed by atoms with Crippen molar-refractivity contribution >= 4 is 11.6 Å². The molecular formula is C19H18N4O3. The average molecular weight is 350 g/mol. The van der Waals surface area contributed by atoms with Gasteiger partial charge in [-0.2, -0.15) is 0 Å². The Labute approximate surface area is 150 Å². The van der Waals surface area contributed by atoms with E-state index in [-0.39, 0.29) is 23.2 Å². The molecule has 0 saturated heterocycles. The Kier molecular flexibility index (Phi) is 4.79. The fraction of sp³-hybridized carbons (Fsp3) is 0.158. The number of aryl methyl sites for hydroxylation is 1. The molecule has 0 spiro atoms. The van der Waals surface area contributed by atoms with Gasteiger partial charge in [-0.25, -0.2) is 4.98 Å². The second-order valence-electron chi connectivity index (χ2n) is 5.94. The summed E-state index contributed by atoms with van der Waals surface area (Å²) < 4.78 is 1.97. The number of nitrogens with zero attached hydrogens (tertiary/aromatic N) is 3. The zero-order valence-corrected chi connectivity index (χ0v) is 14.4. The van der Waals surface area contributed by atoms with Gasteiger partial charge in [-0.1, -0.05) is 18.2 Å². The van der Waals surface area contributed by atoms with Gasteiger partial charge in [0.1, 0.15) is 5.82 Å². The normalized spacial score (nSPS) is 11.8. The maximum absolute atomic E-state index is 12.4. The monoisotopic (exact) mass is 350 g/mol. The molecule has 0 aliphatic heterocycles. The number of imidazole rings is 1. The lowest BCUT2D eigenvalue weighted by Gasteiger charge is -2.15. The number of hydrogen-bond donors (Lipinski definition) is 1. The highest BCUT2D eigenvalue weighted by atomic mass is 16.6. The molecule has 0 fully saturated rings. The third-order valence-electron chi connectivity index (χ3n) is 4.16. The standard InChI is InChI=1S/C19H18N4O3/c1-13(21-19(24)16-4-3-5-18(12-16)23(25)26)15-6-8-17(9-7-15)22-11-10-20-14(22)2/h3-13H,1-2H3,(H,21,24). The average Bonchev–Trinajstić information content (AvgIpc) is 3.07. The molecular weight excluding hydrogens is 332 g/mol. The van der Waals surface area contributed by atoms with E-state index in [1.807, 2.05) is 48.9 Å². The summed E-state index contributed by atoms with van der Waals surface area (Å²) in [5.41, 5.74) is 2.08. The maximum Gasteiger partial charge on any atom is 0.270 e. The zero-order chi connectivity index (χ0) is 18.7. The number of non-ortho nitro benzene ring substituents is 1. The molecule has 7 heteroatoms. The Morgan fingerprint density at radius 3 is 2.58 bits per heavy atom. The summed E-state index contributed by atoms with van der Waals surface area (Å²) in [7, 11) is 0. The number of rotatable bonds is 5. The summed E-state index contributed by atoms with van der Waals surface area (Å²) in [5, 5.41) is 13.7. The lowest BCUT2D eigenvalue weighted by atomic mass is 10.1. The van der Waals surface area contributed by atoms with Gasteiger partial charge in [-0.15, -0.1) is 0 Å². The minimum Gasteiger partial charge on any atom is -0.346 e. The number of carbonyl (C=O) groups is 1. The molecule has 3 aromatic rings. The summed E-state index contributed by atoms with van der Waals surface area (Å²) in [6, 6.07) is 13.2. The van der Waals surface area contributed by atoms with Crippen molar-refractivity contribution in [3.05, 3.63) is 88.0 Å². The highest BCUT2D eigenvalue weighted by Crippen LogP contribution is 2.18. The second kappa shape index (κ2) is 7.18. The molecule has 2 aromatic carbocycles. The molecule has 0 aliphatic rings. The fourth-order valence-electron chi connectivity index (χ4n) is 2.70. The van der Waals surface area contributed by atoms with Gasteiger partial charge in [0.2, 0.25) is 0 Å². The van der Waals surface area contributed by atoms with Crippen LogP contribution in [0.3, 0.4) is 0 Å². The lowest BCUT2D eigenvalue weighted by molar-refractivity contribution is -0.384. The molecule has 1 N–H and O–H groups in total. The molecule has 0 bridgehead atoms. The van der Waals surface area contributed by atoms with Crippen molar-refractivity contribution in [3.8, 4) is 5.69 Å². The van der Waals surface area contributed by atoms with Crippen LogP contribution in [-0.4, -0.2) is 20.4 Å². The van der Waals surface area contributed by atoms with Crippen LogP contribution in [0.2, 0.25) is 0 Å². The first-order chi connectivity index (χ1) is 12.5. The summed E-state index contributed by atoms with van der Waals surface area (Å²) in [4.78, 5) is 26.9. The van der Waals surface area contributed by atoms with Gasteiger partial charge in [0, 0.05) is 35.8 Å². The van der Waals surface area contributed by atoms with Crippen LogP contribution < -0.4 is 5.32 Å². The molecule has 1 heterocycles. The summed E-state index contributed by atoms with van der Waals surface area (Å²) in [6.45, 7) is 3.79. The summed E-state index contributed by atoms with van der Waals surface area (Å²) in [6.07, 6.45) is 3.63. The minimum absolute atomic E-state index is 0.106. The Morgan fingerprint density at radius 2 is 1.96 bits per heavy atom. The van der Waals surface area contributed by atoms with E-state index in [1.165, 1.54) is 18.2 Å². The first kappa shape index (κ1) is 17.3. The van der Waals surface area contributed by atoms with E-state index >= 15 is 0 Å². The molecule has 7 nitrogen and oxygen atoms in total. The van der Waals surface area contributed by atoms with Crippen LogP contribution in [0.4, 0.5) is 5.69 Å². The minimum atomic E-state index is -0.517. The molecule has 0 radical (unpaired) electrons. The van der Waals surface area contributed by atoms with Crippen LogP contribution in [0.25, 0.3) is 5.69 Å². The van der Waals surface area contributed by atoms with E-state index in [1.54, 1.807) is 12.3 Å². The lowest BCUT2D eigenvalue weighted by Crippen LogP contribution is -2.26. The summed E-state index contributed by atoms with van der Waals surface area (Å²) in [5.74, 6) is 0.542. The van der Waals surface area contributed by atoms with Crippen molar-refractivity contribution in [2.45, 2.75) is 19.9 Å². The van der Waals surface area contributed by atoms with Gasteiger partial charge >= 0.3 is 0 Å². The topological polar surface area (TPSA) is 90.1 Å².